The van der Waals surface area contributed by atoms with Gasteiger partial charge >= 0.3 is 6.03 Å². The molecular weight excluding hydrogens is 292 g/mol. The van der Waals surface area contributed by atoms with Crippen molar-refractivity contribution in [3.63, 3.8) is 0 Å². The van der Waals surface area contributed by atoms with E-state index >= 15 is 0 Å². The molecule has 2 rings (SSSR count). The molecule has 1 heterocycles. The Bertz CT molecular complexity index is 483. The minimum atomic E-state index is -0.566. The summed E-state index contributed by atoms with van der Waals surface area (Å²) in [7, 11) is 0. The Morgan fingerprint density at radius 2 is 2.00 bits per heavy atom. The number of likely N-dealkylation sites (tertiary alicyclic amines) is 1. The van der Waals surface area contributed by atoms with E-state index in [1.54, 1.807) is 24.0 Å². The minimum absolute atomic E-state index is 0. The number of hydrogen-bond acceptors (Lipinski definition) is 3. The molecule has 1 aliphatic rings. The lowest BCUT2D eigenvalue weighted by atomic mass is 10.3. The van der Waals surface area contributed by atoms with Crippen LogP contribution in [0, 0.1) is 0 Å². The standard InChI is InChI=1S/C14H20N4O2.ClH/c1-10(13(19)18-8-7-11(15)9-18)16-14(20)17-12-5-3-2-4-6-12;/h2-6,10-11H,7-9,15H2,1H3,(H2,16,17,20);1H/t10?,11-;/m1./s1. The third-order valence-corrected chi connectivity index (χ3v) is 3.29. The van der Waals surface area contributed by atoms with E-state index in [1.807, 2.05) is 18.2 Å². The van der Waals surface area contributed by atoms with Gasteiger partial charge in [0, 0.05) is 24.8 Å². The molecule has 1 fully saturated rings. The number of carbonyl (C=O) groups is 2. The topological polar surface area (TPSA) is 87.5 Å². The van der Waals surface area contributed by atoms with Crippen molar-refractivity contribution < 1.29 is 9.59 Å². The normalized spacial score (nSPS) is 18.6. The van der Waals surface area contributed by atoms with Crippen molar-refractivity contribution in [3.05, 3.63) is 30.3 Å². The van der Waals surface area contributed by atoms with E-state index in [-0.39, 0.29) is 30.4 Å². The van der Waals surface area contributed by atoms with E-state index in [1.165, 1.54) is 0 Å². The first-order valence-corrected chi connectivity index (χ1v) is 6.73. The molecule has 1 aliphatic heterocycles. The van der Waals surface area contributed by atoms with Crippen LogP contribution < -0.4 is 16.4 Å². The maximum atomic E-state index is 12.1. The number of amides is 3. The Kier molecular flexibility index (Phi) is 6.45. The van der Waals surface area contributed by atoms with E-state index in [9.17, 15) is 9.59 Å². The molecule has 6 nitrogen and oxygen atoms in total. The first-order chi connectivity index (χ1) is 9.56. The van der Waals surface area contributed by atoms with Crippen molar-refractivity contribution in [2.24, 2.45) is 5.73 Å². The van der Waals surface area contributed by atoms with Gasteiger partial charge in [-0.25, -0.2) is 4.79 Å². The number of urea groups is 1. The van der Waals surface area contributed by atoms with Gasteiger partial charge in [0.15, 0.2) is 0 Å². The van der Waals surface area contributed by atoms with Gasteiger partial charge in [-0.05, 0) is 25.5 Å². The largest absolute Gasteiger partial charge is 0.339 e. The number of rotatable bonds is 3. The fraction of sp³-hybridized carbons (Fsp3) is 0.429. The lowest BCUT2D eigenvalue weighted by Crippen LogP contribution is -2.47. The molecule has 7 heteroatoms. The Hall–Kier alpha value is -1.79. The molecule has 0 spiro atoms. The average Bonchev–Trinajstić information content (AvgIpc) is 2.85. The predicted octanol–water partition coefficient (Wildman–Crippen LogP) is 1.18. The Labute approximate surface area is 130 Å². The van der Waals surface area contributed by atoms with Crippen molar-refractivity contribution in [2.45, 2.75) is 25.4 Å². The van der Waals surface area contributed by atoms with Crippen LogP contribution in [0.3, 0.4) is 0 Å². The molecule has 0 bridgehead atoms. The van der Waals surface area contributed by atoms with Crippen molar-refractivity contribution in [1.82, 2.24) is 10.2 Å². The number of anilines is 1. The minimum Gasteiger partial charge on any atom is -0.339 e. The first kappa shape index (κ1) is 17.3. The molecule has 21 heavy (non-hydrogen) atoms. The molecule has 0 aromatic heterocycles. The summed E-state index contributed by atoms with van der Waals surface area (Å²) < 4.78 is 0. The number of nitrogens with two attached hydrogens (primary N) is 1. The molecule has 1 unspecified atom stereocenters. The first-order valence-electron chi connectivity index (χ1n) is 6.73. The summed E-state index contributed by atoms with van der Waals surface area (Å²) in [6.45, 7) is 2.90. The second-order valence-corrected chi connectivity index (χ2v) is 5.02. The van der Waals surface area contributed by atoms with Gasteiger partial charge in [0.2, 0.25) is 5.91 Å². The Morgan fingerprint density at radius 3 is 2.57 bits per heavy atom. The molecule has 1 aromatic carbocycles. The second-order valence-electron chi connectivity index (χ2n) is 5.02. The van der Waals surface area contributed by atoms with Crippen LogP contribution in [0.2, 0.25) is 0 Å². The summed E-state index contributed by atoms with van der Waals surface area (Å²) in [5, 5.41) is 5.32. The molecule has 1 aromatic rings. The number of para-hydroxylation sites is 1. The van der Waals surface area contributed by atoms with E-state index in [0.717, 1.165) is 6.42 Å². The Morgan fingerprint density at radius 1 is 1.33 bits per heavy atom. The fourth-order valence-electron chi connectivity index (χ4n) is 2.21. The summed E-state index contributed by atoms with van der Waals surface area (Å²) >= 11 is 0. The summed E-state index contributed by atoms with van der Waals surface area (Å²) in [6, 6.07) is 8.18. The lowest BCUT2D eigenvalue weighted by Gasteiger charge is -2.21. The van der Waals surface area contributed by atoms with Gasteiger partial charge in [-0.15, -0.1) is 12.4 Å². The van der Waals surface area contributed by atoms with Crippen LogP contribution in [0.4, 0.5) is 10.5 Å². The van der Waals surface area contributed by atoms with Crippen molar-refractivity contribution in [3.8, 4) is 0 Å². The van der Waals surface area contributed by atoms with Gasteiger partial charge in [-0.1, -0.05) is 18.2 Å². The maximum Gasteiger partial charge on any atom is 0.319 e. The highest BCUT2D eigenvalue weighted by atomic mass is 35.5. The van der Waals surface area contributed by atoms with Gasteiger partial charge in [-0.3, -0.25) is 4.79 Å². The number of halogens is 1. The smallest absolute Gasteiger partial charge is 0.319 e. The summed E-state index contributed by atoms with van der Waals surface area (Å²) in [5.74, 6) is -0.0961. The summed E-state index contributed by atoms with van der Waals surface area (Å²) in [6.07, 6.45) is 0.814. The monoisotopic (exact) mass is 312 g/mol. The molecular formula is C14H21ClN4O2. The summed E-state index contributed by atoms with van der Waals surface area (Å²) in [5.41, 5.74) is 6.46. The maximum absolute atomic E-state index is 12.1. The molecule has 3 amide bonds. The van der Waals surface area contributed by atoms with Crippen molar-refractivity contribution in [1.29, 1.82) is 0 Å². The van der Waals surface area contributed by atoms with Gasteiger partial charge in [-0.2, -0.15) is 0 Å². The molecule has 4 N–H and O–H groups in total. The van der Waals surface area contributed by atoms with Gasteiger partial charge in [0.1, 0.15) is 6.04 Å². The highest BCUT2D eigenvalue weighted by Gasteiger charge is 2.27. The molecule has 1 saturated heterocycles. The predicted molar refractivity (Wildman–Crippen MR) is 84.5 cm³/mol. The van der Waals surface area contributed by atoms with Crippen LogP contribution >= 0.6 is 12.4 Å². The van der Waals surface area contributed by atoms with Crippen LogP contribution in [-0.4, -0.2) is 42.0 Å². The van der Waals surface area contributed by atoms with Crippen LogP contribution in [0.5, 0.6) is 0 Å². The zero-order valence-electron chi connectivity index (χ0n) is 11.9. The van der Waals surface area contributed by atoms with Crippen LogP contribution in [0.25, 0.3) is 0 Å². The van der Waals surface area contributed by atoms with Gasteiger partial charge in [0.05, 0.1) is 0 Å². The second kappa shape index (κ2) is 7.85. The fourth-order valence-corrected chi connectivity index (χ4v) is 2.21. The zero-order chi connectivity index (χ0) is 14.5. The third-order valence-electron chi connectivity index (χ3n) is 3.29. The number of carbonyl (C=O) groups excluding carboxylic acids is 2. The van der Waals surface area contributed by atoms with E-state index in [4.69, 9.17) is 5.73 Å². The number of hydrogen-bond donors (Lipinski definition) is 3. The zero-order valence-corrected chi connectivity index (χ0v) is 12.7. The number of benzene rings is 1. The van der Waals surface area contributed by atoms with Crippen molar-refractivity contribution in [2.75, 3.05) is 18.4 Å². The lowest BCUT2D eigenvalue weighted by molar-refractivity contribution is -0.131. The van der Waals surface area contributed by atoms with Crippen LogP contribution in [0.1, 0.15) is 13.3 Å². The molecule has 0 aliphatic carbocycles. The quantitative estimate of drug-likeness (QED) is 0.783. The summed E-state index contributed by atoms with van der Waals surface area (Å²) in [4.78, 5) is 25.6. The molecule has 2 atom stereocenters. The molecule has 116 valence electrons. The molecule has 0 radical (unpaired) electrons. The van der Waals surface area contributed by atoms with Gasteiger partial charge in [0.25, 0.3) is 0 Å². The van der Waals surface area contributed by atoms with Gasteiger partial charge < -0.3 is 21.3 Å². The van der Waals surface area contributed by atoms with Crippen molar-refractivity contribution >= 4 is 30.0 Å². The van der Waals surface area contributed by atoms with E-state index < -0.39 is 6.04 Å². The highest BCUT2D eigenvalue weighted by molar-refractivity contribution is 5.93. The third kappa shape index (κ3) is 4.91. The average molecular weight is 313 g/mol. The van der Waals surface area contributed by atoms with Crippen LogP contribution in [-0.2, 0) is 4.79 Å². The number of nitrogens with one attached hydrogen (secondary N) is 2. The molecule has 0 saturated carbocycles. The van der Waals surface area contributed by atoms with Crippen LogP contribution in [0.15, 0.2) is 30.3 Å². The Balaban J connectivity index is 0.00000220. The SMILES string of the molecule is CC(NC(=O)Nc1ccccc1)C(=O)N1CC[C@@H](N)C1.Cl. The van der Waals surface area contributed by atoms with E-state index in [0.29, 0.717) is 18.8 Å². The highest BCUT2D eigenvalue weighted by Crippen LogP contribution is 2.09. The number of nitrogens with zero attached hydrogens (tertiary/aromatic N) is 1. The van der Waals surface area contributed by atoms with E-state index in [2.05, 4.69) is 10.6 Å².